The van der Waals surface area contributed by atoms with Gasteiger partial charge >= 0.3 is 5.97 Å². The standard InChI is InChI=1S/C14H16FN5O6/c1-2-3-13(17)7(21)8(14(23,24)25)26-11(13)20-4-5(15)6-9(20)18-12(16)19-10(6)22/h4,7-8,11,21,23-25H,17H2,1H3,(H3,16,18,19,22). The van der Waals surface area contributed by atoms with Crippen LogP contribution >= 0.6 is 0 Å². The molecule has 2 aromatic heterocycles. The van der Waals surface area contributed by atoms with Crippen molar-refractivity contribution in [2.24, 2.45) is 5.73 Å². The van der Waals surface area contributed by atoms with Crippen LogP contribution in [0.3, 0.4) is 0 Å². The van der Waals surface area contributed by atoms with Gasteiger partial charge in [0, 0.05) is 6.20 Å². The fraction of sp³-hybridized carbons (Fsp3) is 0.429. The fourth-order valence-electron chi connectivity index (χ4n) is 2.98. The molecule has 0 aromatic carbocycles. The molecule has 26 heavy (non-hydrogen) atoms. The van der Waals surface area contributed by atoms with Crippen LogP contribution in [0.15, 0.2) is 11.0 Å². The summed E-state index contributed by atoms with van der Waals surface area (Å²) < 4.78 is 20.5. The van der Waals surface area contributed by atoms with Gasteiger partial charge in [-0.3, -0.25) is 14.3 Å². The molecule has 3 heterocycles. The number of nitrogens with one attached hydrogen (secondary N) is 1. The first-order valence-corrected chi connectivity index (χ1v) is 7.30. The number of hydrogen-bond donors (Lipinski definition) is 7. The number of aliphatic hydroxyl groups excluding tert-OH is 1. The van der Waals surface area contributed by atoms with E-state index >= 15 is 0 Å². The lowest BCUT2D eigenvalue weighted by Gasteiger charge is -2.28. The molecule has 0 saturated carbocycles. The Morgan fingerprint density at radius 3 is 2.73 bits per heavy atom. The van der Waals surface area contributed by atoms with Gasteiger partial charge in [0.05, 0.1) is 0 Å². The van der Waals surface area contributed by atoms with Crippen LogP contribution in [0.1, 0.15) is 13.2 Å². The summed E-state index contributed by atoms with van der Waals surface area (Å²) in [6.45, 7) is 1.39. The van der Waals surface area contributed by atoms with Crippen molar-refractivity contribution in [1.29, 1.82) is 0 Å². The highest BCUT2D eigenvalue weighted by atomic mass is 19.1. The molecular formula is C14H16FN5O6. The Labute approximate surface area is 144 Å². The predicted molar refractivity (Wildman–Crippen MR) is 84.4 cm³/mol. The summed E-state index contributed by atoms with van der Waals surface area (Å²) >= 11 is 0. The van der Waals surface area contributed by atoms with Gasteiger partial charge in [-0.2, -0.15) is 4.98 Å². The number of aromatic nitrogens is 3. The number of aliphatic hydroxyl groups is 4. The first-order valence-electron chi connectivity index (χ1n) is 7.30. The molecule has 0 bridgehead atoms. The zero-order valence-electron chi connectivity index (χ0n) is 13.3. The molecule has 0 spiro atoms. The van der Waals surface area contributed by atoms with Crippen molar-refractivity contribution in [2.75, 3.05) is 5.73 Å². The first kappa shape index (κ1) is 18.3. The van der Waals surface area contributed by atoms with Crippen LogP contribution in [0, 0.1) is 17.7 Å². The molecule has 4 unspecified atom stereocenters. The van der Waals surface area contributed by atoms with Crippen molar-refractivity contribution in [1.82, 2.24) is 14.5 Å². The number of hydrogen-bond acceptors (Lipinski definition) is 9. The lowest BCUT2D eigenvalue weighted by Crippen LogP contribution is -2.57. The van der Waals surface area contributed by atoms with E-state index in [0.717, 1.165) is 10.8 Å². The Balaban J connectivity index is 2.26. The minimum atomic E-state index is -3.46. The fourth-order valence-corrected chi connectivity index (χ4v) is 2.98. The van der Waals surface area contributed by atoms with Gasteiger partial charge in [-0.1, -0.05) is 5.92 Å². The van der Waals surface area contributed by atoms with Crippen molar-refractivity contribution in [3.05, 3.63) is 22.4 Å². The molecule has 12 heteroatoms. The highest BCUT2D eigenvalue weighted by molar-refractivity contribution is 5.77. The van der Waals surface area contributed by atoms with Crippen molar-refractivity contribution in [3.63, 3.8) is 0 Å². The number of H-pyrrole nitrogens is 1. The molecule has 9 N–H and O–H groups in total. The van der Waals surface area contributed by atoms with Crippen molar-refractivity contribution < 1.29 is 29.6 Å². The highest BCUT2D eigenvalue weighted by Crippen LogP contribution is 2.40. The van der Waals surface area contributed by atoms with Gasteiger partial charge < -0.3 is 36.6 Å². The monoisotopic (exact) mass is 369 g/mol. The summed E-state index contributed by atoms with van der Waals surface area (Å²) in [5.74, 6) is 0.148. The topological polar surface area (TPSA) is 193 Å². The SMILES string of the molecule is CC#CC1(N)C(O)C(C(O)(O)O)OC1n1cc(F)c2c(=O)[nH]c(N)nc21. The molecule has 11 nitrogen and oxygen atoms in total. The Morgan fingerprint density at radius 2 is 2.15 bits per heavy atom. The summed E-state index contributed by atoms with van der Waals surface area (Å²) in [5, 5.41) is 38.1. The van der Waals surface area contributed by atoms with E-state index in [2.05, 4.69) is 21.8 Å². The molecule has 4 atom stereocenters. The molecular weight excluding hydrogens is 353 g/mol. The van der Waals surface area contributed by atoms with E-state index in [4.69, 9.17) is 16.2 Å². The normalized spacial score (nSPS) is 29.0. The molecule has 0 amide bonds. The van der Waals surface area contributed by atoms with Crippen molar-refractivity contribution in [2.45, 2.75) is 36.9 Å². The van der Waals surface area contributed by atoms with Gasteiger partial charge in [-0.05, 0) is 6.92 Å². The van der Waals surface area contributed by atoms with Crippen LogP contribution in [-0.4, -0.2) is 58.7 Å². The molecule has 0 aliphatic carbocycles. The maximum absolute atomic E-state index is 14.3. The van der Waals surface area contributed by atoms with Gasteiger partial charge in [0.15, 0.2) is 29.3 Å². The maximum atomic E-state index is 14.3. The van der Waals surface area contributed by atoms with E-state index in [0.29, 0.717) is 0 Å². The number of nitrogen functional groups attached to an aromatic ring is 1. The Hall–Kier alpha value is -2.53. The molecule has 0 radical (unpaired) electrons. The summed E-state index contributed by atoms with van der Waals surface area (Å²) in [6.07, 6.45) is -4.61. The van der Waals surface area contributed by atoms with E-state index in [1.807, 2.05) is 0 Å². The van der Waals surface area contributed by atoms with E-state index in [-0.39, 0.29) is 11.6 Å². The summed E-state index contributed by atoms with van der Waals surface area (Å²) in [4.78, 5) is 17.9. The van der Waals surface area contributed by atoms with E-state index < -0.39 is 46.7 Å². The smallest absolute Gasteiger partial charge is 0.306 e. The quantitative estimate of drug-likeness (QED) is 0.214. The summed E-state index contributed by atoms with van der Waals surface area (Å²) in [5.41, 5.74) is 8.43. The number of anilines is 1. The Morgan fingerprint density at radius 1 is 1.50 bits per heavy atom. The van der Waals surface area contributed by atoms with Crippen LogP contribution in [0.4, 0.5) is 10.3 Å². The molecule has 140 valence electrons. The third-order valence-corrected chi connectivity index (χ3v) is 4.09. The maximum Gasteiger partial charge on any atom is 0.306 e. The highest BCUT2D eigenvalue weighted by Gasteiger charge is 2.60. The number of halogens is 1. The number of nitrogens with zero attached hydrogens (tertiary/aromatic N) is 2. The van der Waals surface area contributed by atoms with E-state index in [9.17, 15) is 29.6 Å². The zero-order valence-corrected chi connectivity index (χ0v) is 13.3. The second-order valence-electron chi connectivity index (χ2n) is 5.88. The number of rotatable bonds is 2. The number of nitrogens with two attached hydrogens (primary N) is 2. The van der Waals surface area contributed by atoms with E-state index in [1.165, 1.54) is 6.92 Å². The third kappa shape index (κ3) is 2.54. The second-order valence-corrected chi connectivity index (χ2v) is 5.88. The first-order chi connectivity index (χ1) is 12.0. The summed E-state index contributed by atoms with van der Waals surface area (Å²) in [7, 11) is 0. The van der Waals surface area contributed by atoms with Gasteiger partial charge in [0.25, 0.3) is 5.56 Å². The predicted octanol–water partition coefficient (Wildman–Crippen LogP) is -2.94. The van der Waals surface area contributed by atoms with Crippen LogP contribution in [0.2, 0.25) is 0 Å². The third-order valence-electron chi connectivity index (χ3n) is 4.09. The van der Waals surface area contributed by atoms with Crippen LogP contribution in [-0.2, 0) is 4.74 Å². The largest absolute Gasteiger partial charge is 0.387 e. The number of aromatic amines is 1. The minimum absolute atomic E-state index is 0.270. The molecule has 2 aromatic rings. The van der Waals surface area contributed by atoms with Gasteiger partial charge in [-0.25, -0.2) is 4.39 Å². The van der Waals surface area contributed by atoms with Gasteiger partial charge in [0.2, 0.25) is 5.95 Å². The number of fused-ring (bicyclic) bond motifs is 1. The minimum Gasteiger partial charge on any atom is -0.387 e. The Kier molecular flexibility index (Phi) is 4.03. The van der Waals surface area contributed by atoms with Gasteiger partial charge in [0.1, 0.15) is 11.5 Å². The second kappa shape index (κ2) is 5.74. The number of ether oxygens (including phenoxy) is 1. The zero-order chi connectivity index (χ0) is 19.4. The van der Waals surface area contributed by atoms with E-state index in [1.54, 1.807) is 0 Å². The van der Waals surface area contributed by atoms with Gasteiger partial charge in [-0.15, -0.1) is 5.92 Å². The van der Waals surface area contributed by atoms with Crippen molar-refractivity contribution >= 4 is 17.0 Å². The van der Waals surface area contributed by atoms with Crippen LogP contribution < -0.4 is 17.0 Å². The molecule has 1 aliphatic rings. The molecule has 1 fully saturated rings. The molecule has 1 saturated heterocycles. The molecule has 1 aliphatic heterocycles. The molecule has 3 rings (SSSR count). The lowest BCUT2D eigenvalue weighted by molar-refractivity contribution is -0.368. The average Bonchev–Trinajstić information content (AvgIpc) is 2.95. The average molecular weight is 369 g/mol. The summed E-state index contributed by atoms with van der Waals surface area (Å²) in [6, 6.07) is 0. The van der Waals surface area contributed by atoms with Crippen LogP contribution in [0.5, 0.6) is 0 Å². The lowest BCUT2D eigenvalue weighted by atomic mass is 9.90. The van der Waals surface area contributed by atoms with Crippen molar-refractivity contribution in [3.8, 4) is 11.8 Å². The van der Waals surface area contributed by atoms with Crippen LogP contribution in [0.25, 0.3) is 11.0 Å². The Bertz CT molecular complexity index is 986.